The van der Waals surface area contributed by atoms with Gasteiger partial charge in [-0.3, -0.25) is 0 Å². The van der Waals surface area contributed by atoms with Crippen molar-refractivity contribution in [2.45, 2.75) is 69.2 Å². The lowest BCUT2D eigenvalue weighted by molar-refractivity contribution is 0.617. The van der Waals surface area contributed by atoms with E-state index in [0.717, 1.165) is 26.7 Å². The number of aryl methyl sites for hydroxylation is 10. The highest BCUT2D eigenvalue weighted by Crippen LogP contribution is 2.16. The van der Waals surface area contributed by atoms with Crippen LogP contribution < -0.4 is 0 Å². The van der Waals surface area contributed by atoms with Gasteiger partial charge < -0.3 is 0 Å². The van der Waals surface area contributed by atoms with E-state index in [1.165, 1.54) is 39.4 Å². The normalized spacial score (nSPS) is 9.51. The van der Waals surface area contributed by atoms with Gasteiger partial charge in [-0.25, -0.2) is 4.39 Å². The van der Waals surface area contributed by atoms with Gasteiger partial charge in [0, 0.05) is 10.0 Å². The molecule has 0 radical (unpaired) electrons. The minimum Gasteiger partial charge on any atom is -0.207 e. The van der Waals surface area contributed by atoms with E-state index in [1.807, 2.05) is 65.0 Å². The zero-order valence-corrected chi connectivity index (χ0v) is 29.0. The van der Waals surface area contributed by atoms with Crippen molar-refractivity contribution in [1.82, 2.24) is 0 Å². The Morgan fingerprint density at radius 3 is 0.767 bits per heavy atom. The van der Waals surface area contributed by atoms with Crippen molar-refractivity contribution in [3.05, 3.63) is 175 Å². The van der Waals surface area contributed by atoms with E-state index in [0.29, 0.717) is 5.56 Å². The molecule has 0 N–H and O–H groups in total. The second kappa shape index (κ2) is 19.7. The quantitative estimate of drug-likeness (QED) is 0.162. The first-order chi connectivity index (χ1) is 20.2. The number of benzene rings is 5. The van der Waals surface area contributed by atoms with Crippen LogP contribution >= 0.6 is 23.2 Å². The molecule has 0 bridgehead atoms. The van der Waals surface area contributed by atoms with Crippen LogP contribution in [-0.4, -0.2) is 0 Å². The minimum absolute atomic E-state index is 0.116. The molecule has 43 heavy (non-hydrogen) atoms. The fourth-order valence-corrected chi connectivity index (χ4v) is 3.84. The van der Waals surface area contributed by atoms with Crippen molar-refractivity contribution in [2.24, 2.45) is 0 Å². The lowest BCUT2D eigenvalue weighted by Crippen LogP contribution is -1.81. The predicted octanol–water partition coefficient (Wildman–Crippen LogP) is 13.0. The number of rotatable bonds is 0. The molecular weight excluding hydrogens is 570 g/mol. The van der Waals surface area contributed by atoms with Gasteiger partial charge in [0.15, 0.2) is 0 Å². The lowest BCUT2D eigenvalue weighted by atomic mass is 10.2. The van der Waals surface area contributed by atoms with Crippen LogP contribution in [0.15, 0.2) is 103 Å². The second-order valence-electron chi connectivity index (χ2n) is 11.1. The largest absolute Gasteiger partial charge is 0.207 e. The summed E-state index contributed by atoms with van der Waals surface area (Å²) in [5.74, 6) is -0.116. The van der Waals surface area contributed by atoms with Crippen LogP contribution in [0.4, 0.5) is 4.39 Å². The van der Waals surface area contributed by atoms with Crippen molar-refractivity contribution in [1.29, 1.82) is 0 Å². The van der Waals surface area contributed by atoms with Crippen LogP contribution in [0.1, 0.15) is 55.6 Å². The Morgan fingerprint density at radius 1 is 0.326 bits per heavy atom. The lowest BCUT2D eigenvalue weighted by Gasteiger charge is -1.96. The average molecular weight is 618 g/mol. The van der Waals surface area contributed by atoms with Gasteiger partial charge in [-0.05, 0) is 121 Å². The third-order valence-electron chi connectivity index (χ3n) is 6.42. The second-order valence-corrected chi connectivity index (χ2v) is 11.9. The third kappa shape index (κ3) is 16.7. The Bertz CT molecular complexity index is 1320. The first-order valence-electron chi connectivity index (χ1n) is 14.4. The predicted molar refractivity (Wildman–Crippen MR) is 190 cm³/mol. The fraction of sp³-hybridized carbons (Fsp3) is 0.250. The summed E-state index contributed by atoms with van der Waals surface area (Å²) in [5, 5.41) is 1.71. The van der Waals surface area contributed by atoms with Crippen molar-refractivity contribution in [3.63, 3.8) is 0 Å². The number of hydrogen-bond acceptors (Lipinski definition) is 0. The summed E-state index contributed by atoms with van der Waals surface area (Å²) in [7, 11) is 0. The minimum atomic E-state index is -0.116. The molecule has 5 aromatic carbocycles. The van der Waals surface area contributed by atoms with Gasteiger partial charge in [-0.1, -0.05) is 130 Å². The van der Waals surface area contributed by atoms with E-state index < -0.39 is 0 Å². The van der Waals surface area contributed by atoms with E-state index in [1.54, 1.807) is 13.0 Å². The molecule has 5 rings (SSSR count). The molecule has 0 amide bonds. The maximum absolute atomic E-state index is 12.6. The highest BCUT2D eigenvalue weighted by atomic mass is 35.5. The molecule has 0 nitrogen and oxygen atoms in total. The van der Waals surface area contributed by atoms with Crippen molar-refractivity contribution in [2.75, 3.05) is 0 Å². The summed E-state index contributed by atoms with van der Waals surface area (Å²) in [5.41, 5.74) is 11.7. The zero-order chi connectivity index (χ0) is 32.5. The first kappa shape index (κ1) is 37.6. The van der Waals surface area contributed by atoms with Gasteiger partial charge >= 0.3 is 0 Å². The van der Waals surface area contributed by atoms with Gasteiger partial charge in [0.25, 0.3) is 0 Å². The summed E-state index contributed by atoms with van der Waals surface area (Å²) < 4.78 is 12.6. The molecule has 0 atom stereocenters. The molecule has 0 fully saturated rings. The van der Waals surface area contributed by atoms with E-state index in [9.17, 15) is 4.39 Å². The highest BCUT2D eigenvalue weighted by molar-refractivity contribution is 6.31. The maximum atomic E-state index is 12.6. The van der Waals surface area contributed by atoms with E-state index in [4.69, 9.17) is 23.2 Å². The van der Waals surface area contributed by atoms with E-state index >= 15 is 0 Å². The van der Waals surface area contributed by atoms with Crippen molar-refractivity contribution < 1.29 is 4.39 Å². The average Bonchev–Trinajstić information content (AvgIpc) is 2.96. The van der Waals surface area contributed by atoms with E-state index in [-0.39, 0.29) is 5.82 Å². The smallest absolute Gasteiger partial charge is 0.126 e. The van der Waals surface area contributed by atoms with Gasteiger partial charge in [0.2, 0.25) is 0 Å². The molecule has 5 aromatic rings. The Kier molecular flexibility index (Phi) is 17.3. The standard InChI is InChI=1S/2C8H9Cl.C8H9F.2C8H10/c3*1-6-3-4-7(2)8(9)5-6;2*1-7-3-5-8(2)6-4-7/h3*3-5H,1-2H3;2*3-6H,1-2H3. The Morgan fingerprint density at radius 2 is 0.558 bits per heavy atom. The molecule has 0 saturated carbocycles. The van der Waals surface area contributed by atoms with Crippen LogP contribution in [0, 0.1) is 75.1 Å². The van der Waals surface area contributed by atoms with Gasteiger partial charge in [0.1, 0.15) is 5.82 Å². The summed E-state index contributed by atoms with van der Waals surface area (Å²) in [4.78, 5) is 0. The zero-order valence-electron chi connectivity index (χ0n) is 27.4. The van der Waals surface area contributed by atoms with Crippen LogP contribution in [-0.2, 0) is 0 Å². The van der Waals surface area contributed by atoms with Gasteiger partial charge in [-0.15, -0.1) is 0 Å². The summed E-state index contributed by atoms with van der Waals surface area (Å²) in [6.07, 6.45) is 0. The van der Waals surface area contributed by atoms with Crippen molar-refractivity contribution in [3.8, 4) is 0 Å². The monoisotopic (exact) mass is 616 g/mol. The summed E-state index contributed by atoms with van der Waals surface area (Å²) in [6, 6.07) is 34.3. The molecule has 0 saturated heterocycles. The fourth-order valence-electron chi connectivity index (χ4n) is 3.37. The van der Waals surface area contributed by atoms with Crippen LogP contribution in [0.3, 0.4) is 0 Å². The molecule has 0 aromatic heterocycles. The molecule has 3 heteroatoms. The van der Waals surface area contributed by atoms with Crippen LogP contribution in [0.2, 0.25) is 10.0 Å². The third-order valence-corrected chi connectivity index (χ3v) is 7.23. The van der Waals surface area contributed by atoms with Gasteiger partial charge in [0.05, 0.1) is 0 Å². The van der Waals surface area contributed by atoms with E-state index in [2.05, 4.69) is 88.4 Å². The first-order valence-corrected chi connectivity index (χ1v) is 15.2. The molecule has 228 valence electrons. The SMILES string of the molecule is Cc1ccc(C)c(Cl)c1.Cc1ccc(C)c(Cl)c1.Cc1ccc(C)c(F)c1.Cc1ccc(C)cc1.Cc1ccc(C)cc1. The number of hydrogen-bond donors (Lipinski definition) is 0. The molecular formula is C40H47Cl2F. The van der Waals surface area contributed by atoms with Crippen molar-refractivity contribution >= 4 is 23.2 Å². The van der Waals surface area contributed by atoms with Crippen LogP contribution in [0.25, 0.3) is 0 Å². The Balaban J connectivity index is 0.000000269. The molecule has 0 unspecified atom stereocenters. The molecule has 0 aliphatic rings. The number of halogens is 3. The van der Waals surface area contributed by atoms with Crippen LogP contribution in [0.5, 0.6) is 0 Å². The highest BCUT2D eigenvalue weighted by Gasteiger charge is 1.94. The Labute approximate surface area is 270 Å². The Hall–Kier alpha value is -3.39. The maximum Gasteiger partial charge on any atom is 0.126 e. The summed E-state index contributed by atoms with van der Waals surface area (Å²) in [6.45, 7) is 20.1. The molecule has 0 aliphatic carbocycles. The molecule has 0 spiro atoms. The molecule has 0 heterocycles. The topological polar surface area (TPSA) is 0 Å². The van der Waals surface area contributed by atoms with Gasteiger partial charge in [-0.2, -0.15) is 0 Å². The molecule has 0 aliphatic heterocycles. The summed E-state index contributed by atoms with van der Waals surface area (Å²) >= 11 is 11.6.